The van der Waals surface area contributed by atoms with Crippen molar-refractivity contribution in [3.8, 4) is 0 Å². The van der Waals surface area contributed by atoms with Crippen LogP contribution in [-0.2, 0) is 4.79 Å². The molecule has 2 N–H and O–H groups in total. The number of hydrogen-bond acceptors (Lipinski definition) is 6. The van der Waals surface area contributed by atoms with E-state index in [4.69, 9.17) is 0 Å². The fourth-order valence-corrected chi connectivity index (χ4v) is 3.60. The standard InChI is InChI=1S/C17H22N4OS2/c1-5-8-18-16-20-21-17(24-16)23-10-15(22)19-13(4)14-7-6-11(2)12(3)9-14/h5-7,9,13H,1,8,10H2,2-4H3,(H,18,20)(H,19,22). The molecule has 0 aliphatic rings. The van der Waals surface area contributed by atoms with Crippen LogP contribution in [0.25, 0.3) is 0 Å². The first kappa shape index (κ1) is 18.5. The highest BCUT2D eigenvalue weighted by atomic mass is 32.2. The number of benzene rings is 1. The lowest BCUT2D eigenvalue weighted by atomic mass is 10.0. The van der Waals surface area contributed by atoms with Crippen LogP contribution in [-0.4, -0.2) is 28.4 Å². The van der Waals surface area contributed by atoms with E-state index in [1.807, 2.05) is 6.92 Å². The van der Waals surface area contributed by atoms with Crippen LogP contribution >= 0.6 is 23.1 Å². The predicted octanol–water partition coefficient (Wildman–Crippen LogP) is 3.72. The van der Waals surface area contributed by atoms with E-state index in [-0.39, 0.29) is 11.9 Å². The van der Waals surface area contributed by atoms with E-state index >= 15 is 0 Å². The Hall–Kier alpha value is -1.86. The topological polar surface area (TPSA) is 66.9 Å². The Balaban J connectivity index is 1.83. The minimum atomic E-state index is -0.0170. The summed E-state index contributed by atoms with van der Waals surface area (Å²) in [6.45, 7) is 10.4. The van der Waals surface area contributed by atoms with Crippen molar-refractivity contribution in [1.82, 2.24) is 15.5 Å². The zero-order valence-electron chi connectivity index (χ0n) is 14.1. The Kier molecular flexibility index (Phi) is 6.81. The SMILES string of the molecule is C=CCNc1nnc(SCC(=O)NC(C)c2ccc(C)c(C)c2)s1. The normalized spacial score (nSPS) is 11.8. The summed E-state index contributed by atoms with van der Waals surface area (Å²) in [6, 6.07) is 6.25. The van der Waals surface area contributed by atoms with E-state index in [2.05, 4.69) is 59.5 Å². The number of thioether (sulfide) groups is 1. The zero-order valence-corrected chi connectivity index (χ0v) is 15.8. The van der Waals surface area contributed by atoms with Gasteiger partial charge in [-0.15, -0.1) is 16.8 Å². The van der Waals surface area contributed by atoms with Crippen LogP contribution in [0.1, 0.15) is 29.7 Å². The Labute approximate surface area is 151 Å². The number of amides is 1. The lowest BCUT2D eigenvalue weighted by Crippen LogP contribution is -2.28. The van der Waals surface area contributed by atoms with Crippen LogP contribution in [0, 0.1) is 13.8 Å². The predicted molar refractivity (Wildman–Crippen MR) is 102 cm³/mol. The van der Waals surface area contributed by atoms with E-state index in [9.17, 15) is 4.79 Å². The monoisotopic (exact) mass is 362 g/mol. The Morgan fingerprint density at radius 1 is 1.38 bits per heavy atom. The van der Waals surface area contributed by atoms with Gasteiger partial charge in [-0.3, -0.25) is 4.79 Å². The van der Waals surface area contributed by atoms with Crippen molar-refractivity contribution in [3.63, 3.8) is 0 Å². The van der Waals surface area contributed by atoms with Crippen LogP contribution < -0.4 is 10.6 Å². The van der Waals surface area contributed by atoms with Crippen molar-refractivity contribution in [1.29, 1.82) is 0 Å². The summed E-state index contributed by atoms with van der Waals surface area (Å²) in [5.41, 5.74) is 3.60. The number of hydrogen-bond donors (Lipinski definition) is 2. The number of carbonyl (C=O) groups is 1. The minimum absolute atomic E-state index is 0.0125. The summed E-state index contributed by atoms with van der Waals surface area (Å²) in [7, 11) is 0. The highest BCUT2D eigenvalue weighted by molar-refractivity contribution is 8.01. The quantitative estimate of drug-likeness (QED) is 0.553. The van der Waals surface area contributed by atoms with Gasteiger partial charge >= 0.3 is 0 Å². The molecule has 0 spiro atoms. The third-order valence-electron chi connectivity index (χ3n) is 3.54. The maximum atomic E-state index is 12.1. The largest absolute Gasteiger partial charge is 0.357 e. The molecule has 1 unspecified atom stereocenters. The van der Waals surface area contributed by atoms with Crippen molar-refractivity contribution in [2.24, 2.45) is 0 Å². The third-order valence-corrected chi connectivity index (χ3v) is 5.55. The van der Waals surface area contributed by atoms with Crippen LogP contribution in [0.5, 0.6) is 0 Å². The molecule has 24 heavy (non-hydrogen) atoms. The van der Waals surface area contributed by atoms with Gasteiger partial charge in [-0.25, -0.2) is 0 Å². The van der Waals surface area contributed by atoms with Gasteiger partial charge in [-0.05, 0) is 37.5 Å². The van der Waals surface area contributed by atoms with Crippen molar-refractivity contribution in [3.05, 3.63) is 47.5 Å². The number of rotatable bonds is 8. The highest BCUT2D eigenvalue weighted by Gasteiger charge is 2.12. The highest BCUT2D eigenvalue weighted by Crippen LogP contribution is 2.25. The minimum Gasteiger partial charge on any atom is -0.357 e. The van der Waals surface area contributed by atoms with Crippen molar-refractivity contribution in [2.75, 3.05) is 17.6 Å². The summed E-state index contributed by atoms with van der Waals surface area (Å²) < 4.78 is 0.774. The van der Waals surface area contributed by atoms with Gasteiger partial charge in [0, 0.05) is 6.54 Å². The van der Waals surface area contributed by atoms with Crippen LogP contribution in [0.2, 0.25) is 0 Å². The molecule has 5 nitrogen and oxygen atoms in total. The zero-order chi connectivity index (χ0) is 17.5. The van der Waals surface area contributed by atoms with Gasteiger partial charge in [-0.2, -0.15) is 0 Å². The van der Waals surface area contributed by atoms with E-state index < -0.39 is 0 Å². The maximum Gasteiger partial charge on any atom is 0.230 e. The number of anilines is 1. The fraction of sp³-hybridized carbons (Fsp3) is 0.353. The Morgan fingerprint density at radius 2 is 2.17 bits per heavy atom. The summed E-state index contributed by atoms with van der Waals surface area (Å²) in [6.07, 6.45) is 1.76. The van der Waals surface area contributed by atoms with Crippen LogP contribution in [0.15, 0.2) is 35.2 Å². The molecule has 128 valence electrons. The molecule has 1 atom stereocenters. The first-order valence-electron chi connectivity index (χ1n) is 7.67. The number of carbonyl (C=O) groups excluding carboxylic acids is 1. The van der Waals surface area contributed by atoms with E-state index in [0.717, 1.165) is 15.0 Å². The van der Waals surface area contributed by atoms with Gasteiger partial charge in [-0.1, -0.05) is 47.4 Å². The van der Waals surface area contributed by atoms with E-state index in [1.165, 1.54) is 34.2 Å². The molecule has 0 radical (unpaired) electrons. The molecule has 1 aromatic carbocycles. The molecule has 0 bridgehead atoms. The molecular formula is C17H22N4OS2. The molecule has 7 heteroatoms. The smallest absolute Gasteiger partial charge is 0.230 e. The van der Waals surface area contributed by atoms with Gasteiger partial charge in [0.1, 0.15) is 0 Å². The number of nitrogens with zero attached hydrogens (tertiary/aromatic N) is 2. The van der Waals surface area contributed by atoms with Gasteiger partial charge in [0.15, 0.2) is 4.34 Å². The fourth-order valence-electron chi connectivity index (χ4n) is 2.03. The van der Waals surface area contributed by atoms with Crippen molar-refractivity contribution < 1.29 is 4.79 Å². The second kappa shape index (κ2) is 8.84. The second-order valence-electron chi connectivity index (χ2n) is 5.46. The Bertz CT molecular complexity index is 714. The summed E-state index contributed by atoms with van der Waals surface area (Å²) >= 11 is 2.83. The van der Waals surface area contributed by atoms with Crippen molar-refractivity contribution >= 4 is 34.1 Å². The lowest BCUT2D eigenvalue weighted by molar-refractivity contribution is -0.119. The molecule has 1 aromatic heterocycles. The molecule has 1 heterocycles. The van der Waals surface area contributed by atoms with Crippen molar-refractivity contribution in [2.45, 2.75) is 31.2 Å². The second-order valence-corrected chi connectivity index (χ2v) is 7.66. The molecule has 2 aromatic rings. The Morgan fingerprint density at radius 3 is 2.88 bits per heavy atom. The first-order valence-corrected chi connectivity index (χ1v) is 9.47. The summed E-state index contributed by atoms with van der Waals surface area (Å²) in [4.78, 5) is 12.1. The number of aromatic nitrogens is 2. The molecule has 2 rings (SSSR count). The van der Waals surface area contributed by atoms with E-state index in [1.54, 1.807) is 6.08 Å². The molecule has 1 amide bonds. The van der Waals surface area contributed by atoms with E-state index in [0.29, 0.717) is 12.3 Å². The summed E-state index contributed by atoms with van der Waals surface area (Å²) in [5.74, 6) is 0.312. The number of nitrogens with one attached hydrogen (secondary N) is 2. The van der Waals surface area contributed by atoms with Gasteiger partial charge in [0.05, 0.1) is 11.8 Å². The van der Waals surface area contributed by atoms with Gasteiger partial charge in [0.2, 0.25) is 11.0 Å². The molecule has 0 aliphatic carbocycles. The molecule has 0 aliphatic heterocycles. The third kappa shape index (κ3) is 5.35. The molecule has 0 saturated heterocycles. The molecular weight excluding hydrogens is 340 g/mol. The average molecular weight is 363 g/mol. The van der Waals surface area contributed by atoms with Gasteiger partial charge in [0.25, 0.3) is 0 Å². The van der Waals surface area contributed by atoms with Crippen LogP contribution in [0.4, 0.5) is 5.13 Å². The summed E-state index contributed by atoms with van der Waals surface area (Å²) in [5, 5.41) is 14.9. The lowest BCUT2D eigenvalue weighted by Gasteiger charge is -2.15. The first-order chi connectivity index (χ1) is 11.5. The maximum absolute atomic E-state index is 12.1. The average Bonchev–Trinajstić information content (AvgIpc) is 3.01. The number of aryl methyl sites for hydroxylation is 2. The van der Waals surface area contributed by atoms with Crippen LogP contribution in [0.3, 0.4) is 0 Å². The molecule has 0 saturated carbocycles. The van der Waals surface area contributed by atoms with Gasteiger partial charge < -0.3 is 10.6 Å². The molecule has 0 fully saturated rings.